The molecule has 3 unspecified atom stereocenters. The van der Waals surface area contributed by atoms with Crippen LogP contribution in [0, 0.1) is 7.14 Å². The Bertz CT molecular complexity index is 1300. The standard InChI is InChI=1S/C13H17F3IN3O3.C11H11F3IN3O2/c1-7(11(22-3)23-4)20(2)12(21)19-10-5-8(13(14,15)16)9(17)6-18-10;1-5-9(19)18(10(20)17(5)2)8-3-6(11(12,13)14)7(15)4-16-8/h5-7,11H,1-4H3,(H,18,19,21);3-5,9,19H,1-2H3. The molecule has 4 amide bonds. The number of pyridine rings is 2. The highest BCUT2D eigenvalue weighted by atomic mass is 127. The van der Waals surface area contributed by atoms with Crippen molar-refractivity contribution in [3.05, 3.63) is 42.8 Å². The molecule has 1 fully saturated rings. The lowest BCUT2D eigenvalue weighted by molar-refractivity contribution is -0.139. The van der Waals surface area contributed by atoms with Crippen molar-refractivity contribution in [2.24, 2.45) is 0 Å². The first-order valence-corrected chi connectivity index (χ1v) is 14.2. The van der Waals surface area contributed by atoms with E-state index in [0.29, 0.717) is 0 Å². The summed E-state index contributed by atoms with van der Waals surface area (Å²) in [6.07, 6.45) is -8.88. The molecule has 1 aliphatic rings. The van der Waals surface area contributed by atoms with Gasteiger partial charge in [0.2, 0.25) is 0 Å². The van der Waals surface area contributed by atoms with Crippen LogP contribution in [0.2, 0.25) is 0 Å². The van der Waals surface area contributed by atoms with Crippen LogP contribution in [-0.4, -0.2) is 89.9 Å². The summed E-state index contributed by atoms with van der Waals surface area (Å²) in [5.41, 5.74) is -1.74. The average molecular weight is 848 g/mol. The third-order valence-corrected chi connectivity index (χ3v) is 8.11. The van der Waals surface area contributed by atoms with E-state index in [-0.39, 0.29) is 18.8 Å². The summed E-state index contributed by atoms with van der Waals surface area (Å²) in [5.74, 6) is -0.403. The summed E-state index contributed by atoms with van der Waals surface area (Å²) in [6.45, 7) is 3.28. The fraction of sp³-hybridized carbons (Fsp3) is 0.500. The van der Waals surface area contributed by atoms with E-state index in [2.05, 4.69) is 15.3 Å². The molecule has 0 bridgehead atoms. The number of carbonyl (C=O) groups is 2. The topological polar surface area (TPSA) is 120 Å². The molecule has 0 aromatic carbocycles. The van der Waals surface area contributed by atoms with E-state index < -0.39 is 60.1 Å². The third kappa shape index (κ3) is 8.91. The van der Waals surface area contributed by atoms with E-state index >= 15 is 0 Å². The van der Waals surface area contributed by atoms with Crippen LogP contribution in [0.15, 0.2) is 24.5 Å². The van der Waals surface area contributed by atoms with Crippen LogP contribution >= 0.6 is 45.2 Å². The van der Waals surface area contributed by atoms with Crippen LogP contribution in [0.1, 0.15) is 25.0 Å². The summed E-state index contributed by atoms with van der Waals surface area (Å²) >= 11 is 3.07. The number of rotatable bonds is 6. The van der Waals surface area contributed by atoms with Crippen LogP contribution < -0.4 is 10.2 Å². The fourth-order valence-electron chi connectivity index (χ4n) is 3.66. The Morgan fingerprint density at radius 2 is 1.53 bits per heavy atom. The maximum atomic E-state index is 12.9. The zero-order valence-electron chi connectivity index (χ0n) is 23.5. The second-order valence-electron chi connectivity index (χ2n) is 9.11. The van der Waals surface area contributed by atoms with Crippen molar-refractivity contribution in [1.82, 2.24) is 19.8 Å². The Kier molecular flexibility index (Phi) is 12.6. The molecule has 43 heavy (non-hydrogen) atoms. The minimum atomic E-state index is -4.54. The van der Waals surface area contributed by atoms with E-state index in [4.69, 9.17) is 9.47 Å². The van der Waals surface area contributed by atoms with Gasteiger partial charge in [-0.05, 0) is 71.2 Å². The van der Waals surface area contributed by atoms with E-state index in [1.54, 1.807) is 13.8 Å². The number of hydrogen-bond donors (Lipinski definition) is 2. The van der Waals surface area contributed by atoms with Gasteiger partial charge in [0.25, 0.3) is 0 Å². The second-order valence-corrected chi connectivity index (χ2v) is 11.4. The number of alkyl halides is 6. The molecule has 0 saturated carbocycles. The van der Waals surface area contributed by atoms with Gasteiger partial charge in [-0.2, -0.15) is 26.3 Å². The van der Waals surface area contributed by atoms with Crippen molar-refractivity contribution >= 4 is 68.9 Å². The summed E-state index contributed by atoms with van der Waals surface area (Å²) in [5, 5.41) is 12.3. The predicted molar refractivity (Wildman–Crippen MR) is 159 cm³/mol. The number of nitrogens with zero attached hydrogens (tertiary/aromatic N) is 5. The maximum Gasteiger partial charge on any atom is 0.417 e. The van der Waals surface area contributed by atoms with Crippen LogP contribution in [0.5, 0.6) is 0 Å². The van der Waals surface area contributed by atoms with Gasteiger partial charge in [-0.3, -0.25) is 5.32 Å². The first-order chi connectivity index (χ1) is 19.8. The number of aliphatic hydroxyl groups is 1. The number of amides is 4. The highest BCUT2D eigenvalue weighted by Gasteiger charge is 2.43. The molecular weight excluding hydrogens is 820 g/mol. The molecule has 11 nitrogen and oxygen atoms in total. The lowest BCUT2D eigenvalue weighted by Gasteiger charge is -2.30. The van der Waals surface area contributed by atoms with Gasteiger partial charge in [-0.25, -0.2) is 24.5 Å². The molecule has 0 spiro atoms. The number of ether oxygens (including phenoxy) is 2. The zero-order chi connectivity index (χ0) is 33.0. The lowest BCUT2D eigenvalue weighted by Crippen LogP contribution is -2.46. The predicted octanol–water partition coefficient (Wildman–Crippen LogP) is 5.46. The minimum Gasteiger partial charge on any atom is -0.371 e. The number of aromatic nitrogens is 2. The normalized spacial score (nSPS) is 18.0. The Morgan fingerprint density at radius 3 is 1.98 bits per heavy atom. The number of aliphatic hydroxyl groups excluding tert-OH is 1. The molecule has 240 valence electrons. The molecule has 3 rings (SSSR count). The SMILES string of the molecule is CC1C(O)N(c2cc(C(F)(F)F)c(I)cn2)C(=O)N1C.COC(OC)C(C)N(C)C(=O)Nc1cc(C(F)(F)F)c(I)cn1. The van der Waals surface area contributed by atoms with Gasteiger partial charge in [0.05, 0.1) is 23.2 Å². The highest BCUT2D eigenvalue weighted by Crippen LogP contribution is 2.36. The number of methoxy groups -OCH3 is 2. The van der Waals surface area contributed by atoms with Gasteiger partial charge in [0.1, 0.15) is 11.6 Å². The molecule has 19 heteroatoms. The minimum absolute atomic E-state index is 0.0475. The van der Waals surface area contributed by atoms with Crippen LogP contribution in [-0.2, 0) is 21.8 Å². The van der Waals surface area contributed by atoms with Gasteiger partial charge in [-0.15, -0.1) is 0 Å². The largest absolute Gasteiger partial charge is 0.417 e. The van der Waals surface area contributed by atoms with Crippen LogP contribution in [0.25, 0.3) is 0 Å². The summed E-state index contributed by atoms with van der Waals surface area (Å²) in [7, 11) is 5.79. The van der Waals surface area contributed by atoms with E-state index in [1.165, 1.54) is 83.3 Å². The van der Waals surface area contributed by atoms with Crippen molar-refractivity contribution in [1.29, 1.82) is 0 Å². The molecule has 0 radical (unpaired) electrons. The van der Waals surface area contributed by atoms with Gasteiger partial charge >= 0.3 is 24.4 Å². The van der Waals surface area contributed by atoms with Gasteiger partial charge in [-0.1, -0.05) is 0 Å². The van der Waals surface area contributed by atoms with E-state index in [0.717, 1.165) is 29.4 Å². The van der Waals surface area contributed by atoms with Crippen LogP contribution in [0.4, 0.5) is 47.6 Å². The van der Waals surface area contributed by atoms with E-state index in [9.17, 15) is 41.0 Å². The molecule has 3 atom stereocenters. The van der Waals surface area contributed by atoms with Crippen molar-refractivity contribution in [2.45, 2.75) is 50.8 Å². The summed E-state index contributed by atoms with van der Waals surface area (Å²) < 4.78 is 87.1. The molecule has 3 heterocycles. The lowest BCUT2D eigenvalue weighted by atomic mass is 10.2. The molecule has 1 aliphatic heterocycles. The Morgan fingerprint density at radius 1 is 1.05 bits per heavy atom. The second kappa shape index (κ2) is 14.7. The van der Waals surface area contributed by atoms with Crippen molar-refractivity contribution in [3.8, 4) is 0 Å². The van der Waals surface area contributed by atoms with Crippen LogP contribution in [0.3, 0.4) is 0 Å². The van der Waals surface area contributed by atoms with Crippen molar-refractivity contribution < 1.29 is 50.5 Å². The number of hydrogen-bond acceptors (Lipinski definition) is 7. The van der Waals surface area contributed by atoms with Gasteiger partial charge < -0.3 is 24.4 Å². The first-order valence-electron chi connectivity index (χ1n) is 12.0. The molecular formula is C24H28F6I2N6O5. The Hall–Kier alpha value is -2.24. The Labute approximate surface area is 270 Å². The summed E-state index contributed by atoms with van der Waals surface area (Å²) in [4.78, 5) is 35.0. The number of nitrogens with one attached hydrogen (secondary N) is 1. The summed E-state index contributed by atoms with van der Waals surface area (Å²) in [6, 6.07) is -0.643. The molecule has 1 saturated heterocycles. The van der Waals surface area contributed by atoms with E-state index in [1.807, 2.05) is 0 Å². The number of likely N-dealkylation sites (N-methyl/N-ethyl adjacent to an activating group) is 2. The number of anilines is 2. The third-order valence-electron chi connectivity index (χ3n) is 6.39. The molecule has 2 aromatic heterocycles. The smallest absolute Gasteiger partial charge is 0.371 e. The first kappa shape index (κ1) is 36.9. The Balaban J connectivity index is 0.000000303. The number of halogens is 8. The quantitative estimate of drug-likeness (QED) is 0.225. The molecule has 2 aromatic rings. The number of urea groups is 2. The number of carbonyl (C=O) groups excluding carboxylic acids is 2. The van der Waals surface area contributed by atoms with Crippen molar-refractivity contribution in [3.63, 3.8) is 0 Å². The zero-order valence-corrected chi connectivity index (χ0v) is 27.8. The average Bonchev–Trinajstić information content (AvgIpc) is 3.11. The maximum absolute atomic E-state index is 12.9. The van der Waals surface area contributed by atoms with Gasteiger partial charge in [0, 0.05) is 47.8 Å². The monoisotopic (exact) mass is 848 g/mol. The fourth-order valence-corrected chi connectivity index (χ4v) is 4.86. The van der Waals surface area contributed by atoms with Gasteiger partial charge in [0.15, 0.2) is 12.5 Å². The molecule has 2 N–H and O–H groups in total. The molecule has 0 aliphatic carbocycles. The van der Waals surface area contributed by atoms with Crippen molar-refractivity contribution in [2.75, 3.05) is 38.5 Å². The highest BCUT2D eigenvalue weighted by molar-refractivity contribution is 14.1.